The van der Waals surface area contributed by atoms with E-state index in [0.717, 1.165) is 12.1 Å². The predicted octanol–water partition coefficient (Wildman–Crippen LogP) is 2.07. The van der Waals surface area contributed by atoms with Crippen LogP contribution in [0.2, 0.25) is 0 Å². The average Bonchev–Trinajstić information content (AvgIpc) is 2.13. The second kappa shape index (κ2) is 3.81. The Morgan fingerprint density at radius 2 is 2.21 bits per heavy atom. The molecule has 0 saturated carbocycles. The first-order valence-electron chi connectivity index (χ1n) is 5.01. The Balaban J connectivity index is 2.14. The molecule has 72 valence electrons. The number of benzene rings is 1. The Morgan fingerprint density at radius 1 is 1.43 bits per heavy atom. The number of hydrogen-bond donors (Lipinski definition) is 0. The van der Waals surface area contributed by atoms with Gasteiger partial charge in [0, 0.05) is 6.54 Å². The summed E-state index contributed by atoms with van der Waals surface area (Å²) in [7, 11) is 0. The van der Waals surface area contributed by atoms with Crippen LogP contribution in [0.1, 0.15) is 23.1 Å². The molecule has 0 N–H and O–H groups in total. The van der Waals surface area contributed by atoms with Crippen molar-refractivity contribution in [2.24, 2.45) is 0 Å². The van der Waals surface area contributed by atoms with Crippen molar-refractivity contribution in [2.45, 2.75) is 19.9 Å². The fourth-order valence-electron chi connectivity index (χ4n) is 1.72. The Labute approximate surface area is 84.8 Å². The molecule has 1 aliphatic rings. The molecule has 2 nitrogen and oxygen atoms in total. The van der Waals surface area contributed by atoms with Gasteiger partial charge >= 0.3 is 0 Å². The molecule has 0 amide bonds. The van der Waals surface area contributed by atoms with E-state index in [-0.39, 0.29) is 0 Å². The molecule has 0 unspecified atom stereocenters. The SMILES string of the molecule is Cc1cc(C#N)ccc1CN1CCC1. The molecule has 1 aromatic carbocycles. The van der Waals surface area contributed by atoms with Gasteiger partial charge in [0.15, 0.2) is 0 Å². The zero-order valence-electron chi connectivity index (χ0n) is 8.45. The van der Waals surface area contributed by atoms with Crippen molar-refractivity contribution in [3.05, 3.63) is 34.9 Å². The van der Waals surface area contributed by atoms with Gasteiger partial charge in [-0.25, -0.2) is 0 Å². The van der Waals surface area contributed by atoms with Gasteiger partial charge in [-0.1, -0.05) is 6.07 Å². The Hall–Kier alpha value is -1.33. The maximum atomic E-state index is 8.73. The van der Waals surface area contributed by atoms with Gasteiger partial charge in [0.2, 0.25) is 0 Å². The van der Waals surface area contributed by atoms with E-state index in [2.05, 4.69) is 24.0 Å². The summed E-state index contributed by atoms with van der Waals surface area (Å²) in [6.45, 7) is 5.56. The maximum absolute atomic E-state index is 8.73. The summed E-state index contributed by atoms with van der Waals surface area (Å²) in [5.41, 5.74) is 3.34. The summed E-state index contributed by atoms with van der Waals surface area (Å²) < 4.78 is 0. The van der Waals surface area contributed by atoms with Crippen molar-refractivity contribution in [3.63, 3.8) is 0 Å². The van der Waals surface area contributed by atoms with Crippen LogP contribution in [0, 0.1) is 18.3 Å². The number of hydrogen-bond acceptors (Lipinski definition) is 2. The van der Waals surface area contributed by atoms with E-state index in [4.69, 9.17) is 5.26 Å². The van der Waals surface area contributed by atoms with Crippen LogP contribution in [-0.4, -0.2) is 18.0 Å². The molecule has 0 aromatic heterocycles. The van der Waals surface area contributed by atoms with Gasteiger partial charge in [0.1, 0.15) is 0 Å². The van der Waals surface area contributed by atoms with Gasteiger partial charge < -0.3 is 0 Å². The molecule has 1 aromatic rings. The maximum Gasteiger partial charge on any atom is 0.0991 e. The molecule has 2 rings (SSSR count). The molecular formula is C12H14N2. The van der Waals surface area contributed by atoms with E-state index in [9.17, 15) is 0 Å². The minimum Gasteiger partial charge on any atom is -0.299 e. The highest BCUT2D eigenvalue weighted by molar-refractivity contribution is 5.37. The first kappa shape index (κ1) is 9.23. The summed E-state index contributed by atoms with van der Waals surface area (Å²) in [6, 6.07) is 8.11. The van der Waals surface area contributed by atoms with Crippen molar-refractivity contribution < 1.29 is 0 Å². The summed E-state index contributed by atoms with van der Waals surface area (Å²) in [4.78, 5) is 2.42. The van der Waals surface area contributed by atoms with Gasteiger partial charge in [0.05, 0.1) is 11.6 Å². The van der Waals surface area contributed by atoms with Crippen LogP contribution in [0.25, 0.3) is 0 Å². The summed E-state index contributed by atoms with van der Waals surface area (Å²) in [5, 5.41) is 8.73. The molecule has 0 atom stereocenters. The summed E-state index contributed by atoms with van der Waals surface area (Å²) in [6.07, 6.45) is 1.33. The molecule has 1 fully saturated rings. The zero-order chi connectivity index (χ0) is 9.97. The van der Waals surface area contributed by atoms with Crippen LogP contribution in [-0.2, 0) is 6.54 Å². The third-order valence-electron chi connectivity index (χ3n) is 2.81. The standard InChI is InChI=1S/C12H14N2/c1-10-7-11(8-13)3-4-12(10)9-14-5-2-6-14/h3-4,7H,2,5-6,9H2,1H3. The predicted molar refractivity (Wildman–Crippen MR) is 55.8 cm³/mol. The van der Waals surface area contributed by atoms with E-state index in [1.807, 2.05) is 12.1 Å². The number of rotatable bonds is 2. The lowest BCUT2D eigenvalue weighted by Crippen LogP contribution is -2.36. The number of aryl methyl sites for hydroxylation is 1. The molecule has 0 radical (unpaired) electrons. The van der Waals surface area contributed by atoms with Gasteiger partial charge in [-0.05, 0) is 49.7 Å². The van der Waals surface area contributed by atoms with E-state index >= 15 is 0 Å². The van der Waals surface area contributed by atoms with Gasteiger partial charge in [-0.3, -0.25) is 4.90 Å². The molecule has 1 aliphatic heterocycles. The second-order valence-electron chi connectivity index (χ2n) is 3.88. The topological polar surface area (TPSA) is 27.0 Å². The molecule has 1 saturated heterocycles. The molecule has 0 spiro atoms. The fourth-order valence-corrected chi connectivity index (χ4v) is 1.72. The van der Waals surface area contributed by atoms with Crippen LogP contribution < -0.4 is 0 Å². The normalized spacial score (nSPS) is 16.0. The zero-order valence-corrected chi connectivity index (χ0v) is 8.45. The summed E-state index contributed by atoms with van der Waals surface area (Å²) in [5.74, 6) is 0. The lowest BCUT2D eigenvalue weighted by molar-refractivity contribution is 0.172. The molecule has 0 aliphatic carbocycles. The Kier molecular flexibility index (Phi) is 2.51. The number of likely N-dealkylation sites (tertiary alicyclic amines) is 1. The third-order valence-corrected chi connectivity index (χ3v) is 2.81. The first-order chi connectivity index (χ1) is 6.79. The highest BCUT2D eigenvalue weighted by atomic mass is 15.2. The largest absolute Gasteiger partial charge is 0.299 e. The van der Waals surface area contributed by atoms with Gasteiger partial charge in [0.25, 0.3) is 0 Å². The average molecular weight is 186 g/mol. The van der Waals surface area contributed by atoms with Crippen molar-refractivity contribution >= 4 is 0 Å². The smallest absolute Gasteiger partial charge is 0.0991 e. The Morgan fingerprint density at radius 3 is 2.71 bits per heavy atom. The van der Waals surface area contributed by atoms with Crippen molar-refractivity contribution in [1.82, 2.24) is 4.90 Å². The lowest BCUT2D eigenvalue weighted by Gasteiger charge is -2.31. The van der Waals surface area contributed by atoms with Crippen LogP contribution in [0.3, 0.4) is 0 Å². The highest BCUT2D eigenvalue weighted by Crippen LogP contribution is 2.16. The lowest BCUT2D eigenvalue weighted by atomic mass is 10.0. The van der Waals surface area contributed by atoms with Crippen LogP contribution in [0.15, 0.2) is 18.2 Å². The number of nitriles is 1. The minimum absolute atomic E-state index is 0.759. The molecule has 0 bridgehead atoms. The monoisotopic (exact) mass is 186 g/mol. The fraction of sp³-hybridized carbons (Fsp3) is 0.417. The van der Waals surface area contributed by atoms with Crippen LogP contribution >= 0.6 is 0 Å². The second-order valence-corrected chi connectivity index (χ2v) is 3.88. The molecule has 2 heteroatoms. The van der Waals surface area contributed by atoms with Crippen molar-refractivity contribution in [2.75, 3.05) is 13.1 Å². The molecule has 1 heterocycles. The number of nitrogens with zero attached hydrogens (tertiary/aromatic N) is 2. The molecular weight excluding hydrogens is 172 g/mol. The third kappa shape index (κ3) is 1.78. The van der Waals surface area contributed by atoms with E-state index in [1.54, 1.807) is 0 Å². The summed E-state index contributed by atoms with van der Waals surface area (Å²) >= 11 is 0. The van der Waals surface area contributed by atoms with Crippen LogP contribution in [0.4, 0.5) is 0 Å². The van der Waals surface area contributed by atoms with Crippen LogP contribution in [0.5, 0.6) is 0 Å². The minimum atomic E-state index is 0.759. The van der Waals surface area contributed by atoms with E-state index in [1.165, 1.54) is 30.6 Å². The quantitative estimate of drug-likeness (QED) is 0.707. The Bertz CT molecular complexity index is 372. The molecule has 14 heavy (non-hydrogen) atoms. The van der Waals surface area contributed by atoms with E-state index < -0.39 is 0 Å². The van der Waals surface area contributed by atoms with Crippen molar-refractivity contribution in [1.29, 1.82) is 5.26 Å². The van der Waals surface area contributed by atoms with Crippen molar-refractivity contribution in [3.8, 4) is 6.07 Å². The first-order valence-corrected chi connectivity index (χ1v) is 5.01. The van der Waals surface area contributed by atoms with E-state index in [0.29, 0.717) is 0 Å². The highest BCUT2D eigenvalue weighted by Gasteiger charge is 2.14. The van der Waals surface area contributed by atoms with Gasteiger partial charge in [-0.15, -0.1) is 0 Å². The van der Waals surface area contributed by atoms with Gasteiger partial charge in [-0.2, -0.15) is 5.26 Å².